The van der Waals surface area contributed by atoms with Gasteiger partial charge < -0.3 is 9.64 Å². The Morgan fingerprint density at radius 2 is 1.82 bits per heavy atom. The van der Waals surface area contributed by atoms with Crippen molar-refractivity contribution in [2.24, 2.45) is 5.41 Å². The maximum Gasteiger partial charge on any atom is 0.157 e. The van der Waals surface area contributed by atoms with Gasteiger partial charge >= 0.3 is 0 Å². The summed E-state index contributed by atoms with van der Waals surface area (Å²) in [7, 11) is 0. The van der Waals surface area contributed by atoms with Crippen molar-refractivity contribution in [2.75, 3.05) is 13.1 Å². The molecule has 1 saturated heterocycles. The molecule has 0 bridgehead atoms. The third-order valence-corrected chi connectivity index (χ3v) is 3.47. The van der Waals surface area contributed by atoms with E-state index in [0.29, 0.717) is 6.42 Å². The summed E-state index contributed by atoms with van der Waals surface area (Å²) >= 11 is 0. The standard InChI is InChI=1S/C14H23NO2/c1-10-8-15(9-11(2)17-10)12-5-13(16)7-14(3,4)6-12/h5,10-11H,6-9H2,1-4H3. The van der Waals surface area contributed by atoms with Crippen molar-refractivity contribution in [2.45, 2.75) is 52.7 Å². The molecule has 0 aromatic rings. The Labute approximate surface area is 104 Å². The summed E-state index contributed by atoms with van der Waals surface area (Å²) in [5.41, 5.74) is 1.31. The molecule has 2 unspecified atom stereocenters. The Kier molecular flexibility index (Phi) is 3.30. The van der Waals surface area contributed by atoms with Crippen molar-refractivity contribution >= 4 is 5.78 Å². The van der Waals surface area contributed by atoms with Gasteiger partial charge in [0.25, 0.3) is 0 Å². The Bertz CT molecular complexity index is 336. The van der Waals surface area contributed by atoms with Crippen molar-refractivity contribution in [3.05, 3.63) is 11.8 Å². The van der Waals surface area contributed by atoms with Gasteiger partial charge in [-0.3, -0.25) is 4.79 Å². The number of ether oxygens (including phenoxy) is 1. The number of carbonyl (C=O) groups excluding carboxylic acids is 1. The Balaban J connectivity index is 2.13. The molecule has 1 aliphatic carbocycles. The number of carbonyl (C=O) groups is 1. The zero-order valence-corrected chi connectivity index (χ0v) is 11.3. The van der Waals surface area contributed by atoms with Gasteiger partial charge in [0, 0.05) is 31.3 Å². The molecule has 1 fully saturated rings. The molecule has 0 aromatic heterocycles. The van der Waals surface area contributed by atoms with E-state index in [0.717, 1.165) is 19.5 Å². The SMILES string of the molecule is CC1CN(C2=CC(=O)CC(C)(C)C2)CC(C)O1. The van der Waals surface area contributed by atoms with Gasteiger partial charge in [-0.2, -0.15) is 0 Å². The first-order valence-electron chi connectivity index (χ1n) is 6.49. The zero-order chi connectivity index (χ0) is 12.6. The van der Waals surface area contributed by atoms with Gasteiger partial charge in [-0.25, -0.2) is 0 Å². The summed E-state index contributed by atoms with van der Waals surface area (Å²) in [6.45, 7) is 10.3. The topological polar surface area (TPSA) is 29.5 Å². The summed E-state index contributed by atoms with van der Waals surface area (Å²) in [6, 6.07) is 0. The lowest BCUT2D eigenvalue weighted by atomic mass is 9.78. The highest BCUT2D eigenvalue weighted by molar-refractivity contribution is 5.91. The van der Waals surface area contributed by atoms with Crippen LogP contribution in [0.1, 0.15) is 40.5 Å². The molecular formula is C14H23NO2. The molecule has 3 heteroatoms. The normalized spacial score (nSPS) is 33.5. The molecule has 96 valence electrons. The number of morpholine rings is 1. The quantitative estimate of drug-likeness (QED) is 0.701. The van der Waals surface area contributed by atoms with Crippen LogP contribution in [-0.2, 0) is 9.53 Å². The third kappa shape index (κ3) is 3.09. The van der Waals surface area contributed by atoms with E-state index in [2.05, 4.69) is 32.6 Å². The lowest BCUT2D eigenvalue weighted by Gasteiger charge is -2.41. The molecule has 2 atom stereocenters. The predicted molar refractivity (Wildman–Crippen MR) is 67.7 cm³/mol. The second-order valence-corrected chi connectivity index (χ2v) is 6.28. The lowest BCUT2D eigenvalue weighted by molar-refractivity contribution is -0.117. The molecule has 1 heterocycles. The minimum absolute atomic E-state index is 0.103. The number of nitrogens with zero attached hydrogens (tertiary/aromatic N) is 1. The van der Waals surface area contributed by atoms with Gasteiger partial charge in [0.15, 0.2) is 5.78 Å². The number of hydrogen-bond acceptors (Lipinski definition) is 3. The summed E-state index contributed by atoms with van der Waals surface area (Å²) in [5, 5.41) is 0. The van der Waals surface area contributed by atoms with E-state index < -0.39 is 0 Å². The van der Waals surface area contributed by atoms with E-state index in [4.69, 9.17) is 4.74 Å². The monoisotopic (exact) mass is 237 g/mol. The van der Waals surface area contributed by atoms with Gasteiger partial charge in [0.1, 0.15) is 0 Å². The third-order valence-electron chi connectivity index (χ3n) is 3.47. The van der Waals surface area contributed by atoms with Crippen LogP contribution >= 0.6 is 0 Å². The molecular weight excluding hydrogens is 214 g/mol. The van der Waals surface area contributed by atoms with E-state index in [-0.39, 0.29) is 23.4 Å². The van der Waals surface area contributed by atoms with E-state index in [1.165, 1.54) is 5.70 Å². The van der Waals surface area contributed by atoms with Gasteiger partial charge in [-0.15, -0.1) is 0 Å². The molecule has 0 saturated carbocycles. The van der Waals surface area contributed by atoms with Crippen LogP contribution in [0.25, 0.3) is 0 Å². The molecule has 0 amide bonds. The zero-order valence-electron chi connectivity index (χ0n) is 11.3. The first-order valence-corrected chi connectivity index (χ1v) is 6.49. The molecule has 3 nitrogen and oxygen atoms in total. The van der Waals surface area contributed by atoms with Gasteiger partial charge in [0.05, 0.1) is 12.2 Å². The lowest BCUT2D eigenvalue weighted by Crippen LogP contribution is -2.46. The van der Waals surface area contributed by atoms with Crippen LogP contribution in [0.5, 0.6) is 0 Å². The van der Waals surface area contributed by atoms with Gasteiger partial charge in [-0.1, -0.05) is 13.8 Å². The number of rotatable bonds is 1. The Morgan fingerprint density at radius 1 is 1.24 bits per heavy atom. The Hall–Kier alpha value is -0.830. The van der Waals surface area contributed by atoms with Crippen LogP contribution in [0.2, 0.25) is 0 Å². The summed E-state index contributed by atoms with van der Waals surface area (Å²) in [4.78, 5) is 14.1. The van der Waals surface area contributed by atoms with Crippen LogP contribution in [0, 0.1) is 5.41 Å². The second-order valence-electron chi connectivity index (χ2n) is 6.28. The van der Waals surface area contributed by atoms with Gasteiger partial charge in [-0.05, 0) is 25.7 Å². The van der Waals surface area contributed by atoms with Crippen LogP contribution in [-0.4, -0.2) is 36.0 Å². The Morgan fingerprint density at radius 3 is 2.35 bits per heavy atom. The van der Waals surface area contributed by atoms with Gasteiger partial charge in [0.2, 0.25) is 0 Å². The molecule has 0 radical (unpaired) electrons. The summed E-state index contributed by atoms with van der Waals surface area (Å²) in [6.07, 6.45) is 4.01. The first-order chi connectivity index (χ1) is 7.85. The van der Waals surface area contributed by atoms with Crippen LogP contribution in [0.4, 0.5) is 0 Å². The van der Waals surface area contributed by atoms with Crippen molar-refractivity contribution in [1.82, 2.24) is 4.90 Å². The average molecular weight is 237 g/mol. The van der Waals surface area contributed by atoms with Crippen molar-refractivity contribution in [3.8, 4) is 0 Å². The highest BCUT2D eigenvalue weighted by Crippen LogP contribution is 2.35. The fraction of sp³-hybridized carbons (Fsp3) is 0.786. The molecule has 0 aromatic carbocycles. The summed E-state index contributed by atoms with van der Waals surface area (Å²) in [5.74, 6) is 0.267. The molecule has 17 heavy (non-hydrogen) atoms. The van der Waals surface area contributed by atoms with E-state index >= 15 is 0 Å². The van der Waals surface area contributed by atoms with E-state index in [9.17, 15) is 4.79 Å². The second kappa shape index (κ2) is 4.45. The molecule has 0 N–H and O–H groups in total. The smallest absolute Gasteiger partial charge is 0.157 e. The molecule has 2 aliphatic rings. The fourth-order valence-electron chi connectivity index (χ4n) is 2.93. The largest absolute Gasteiger partial charge is 0.372 e. The number of hydrogen-bond donors (Lipinski definition) is 0. The minimum atomic E-state index is 0.103. The summed E-state index contributed by atoms with van der Waals surface area (Å²) < 4.78 is 5.73. The maximum atomic E-state index is 11.8. The van der Waals surface area contributed by atoms with Crippen molar-refractivity contribution in [3.63, 3.8) is 0 Å². The first kappa shape index (κ1) is 12.6. The average Bonchev–Trinajstić information content (AvgIpc) is 2.12. The highest BCUT2D eigenvalue weighted by atomic mass is 16.5. The predicted octanol–water partition coefficient (Wildman–Crippen LogP) is 2.37. The van der Waals surface area contributed by atoms with Crippen molar-refractivity contribution < 1.29 is 9.53 Å². The molecule has 1 aliphatic heterocycles. The van der Waals surface area contributed by atoms with Crippen LogP contribution < -0.4 is 0 Å². The molecule has 2 rings (SSSR count). The highest BCUT2D eigenvalue weighted by Gasteiger charge is 2.32. The molecule has 0 spiro atoms. The van der Waals surface area contributed by atoms with Crippen molar-refractivity contribution in [1.29, 1.82) is 0 Å². The fourth-order valence-corrected chi connectivity index (χ4v) is 2.93. The van der Waals surface area contributed by atoms with Crippen LogP contribution in [0.3, 0.4) is 0 Å². The van der Waals surface area contributed by atoms with E-state index in [1.54, 1.807) is 0 Å². The number of allylic oxidation sites excluding steroid dienone is 2. The van der Waals surface area contributed by atoms with Crippen LogP contribution in [0.15, 0.2) is 11.8 Å². The number of ketones is 1. The maximum absolute atomic E-state index is 11.8. The van der Waals surface area contributed by atoms with E-state index in [1.807, 2.05) is 6.08 Å². The minimum Gasteiger partial charge on any atom is -0.372 e.